The van der Waals surface area contributed by atoms with E-state index in [1.807, 2.05) is 6.07 Å². The first-order chi connectivity index (χ1) is 13.6. The molecule has 0 saturated heterocycles. The van der Waals surface area contributed by atoms with Gasteiger partial charge in [0.15, 0.2) is 12.2 Å². The molecule has 0 bridgehead atoms. The maximum absolute atomic E-state index is 12.6. The molecule has 152 valence electrons. The molecule has 6 nitrogen and oxygen atoms in total. The third kappa shape index (κ3) is 6.24. The molecule has 0 aliphatic rings. The molecule has 0 fully saturated rings. The number of benzene rings is 2. The van der Waals surface area contributed by atoms with Gasteiger partial charge in [0.25, 0.3) is 5.91 Å². The molecule has 0 unspecified atom stereocenters. The molecule has 0 radical (unpaired) electrons. The first kappa shape index (κ1) is 21.8. The highest BCUT2D eigenvalue weighted by Gasteiger charge is 2.30. The smallest absolute Gasteiger partial charge is 0.416 e. The minimum atomic E-state index is -4.48. The largest absolute Gasteiger partial charge is 0.479 e. The van der Waals surface area contributed by atoms with E-state index in [0.717, 1.165) is 24.3 Å². The molecular formula is C20H17F3N2O4. The summed E-state index contributed by atoms with van der Waals surface area (Å²) in [6, 6.07) is 11.9. The van der Waals surface area contributed by atoms with Crippen LogP contribution in [0.1, 0.15) is 25.0 Å². The molecule has 2 aromatic carbocycles. The number of anilines is 1. The molecule has 2 atom stereocenters. The molecule has 0 aliphatic heterocycles. The van der Waals surface area contributed by atoms with Gasteiger partial charge in [-0.3, -0.25) is 4.79 Å². The molecule has 0 aromatic heterocycles. The number of halogens is 3. The highest BCUT2D eigenvalue weighted by Crippen LogP contribution is 2.29. The van der Waals surface area contributed by atoms with E-state index in [-0.39, 0.29) is 5.69 Å². The maximum Gasteiger partial charge on any atom is 0.416 e. The van der Waals surface area contributed by atoms with Gasteiger partial charge in [-0.2, -0.15) is 18.4 Å². The fourth-order valence-corrected chi connectivity index (χ4v) is 2.17. The van der Waals surface area contributed by atoms with Crippen LogP contribution in [0.15, 0.2) is 48.5 Å². The number of nitrogens with zero attached hydrogens (tertiary/aromatic N) is 1. The number of hydrogen-bond acceptors (Lipinski definition) is 5. The van der Waals surface area contributed by atoms with Gasteiger partial charge < -0.3 is 14.8 Å². The second kappa shape index (κ2) is 9.10. The van der Waals surface area contributed by atoms with Crippen LogP contribution in [0, 0.1) is 11.3 Å². The van der Waals surface area contributed by atoms with Crippen molar-refractivity contribution in [3.05, 3.63) is 59.7 Å². The number of amides is 1. The second-order valence-corrected chi connectivity index (χ2v) is 6.04. The third-order valence-corrected chi connectivity index (χ3v) is 3.77. The maximum atomic E-state index is 12.6. The van der Waals surface area contributed by atoms with Crippen LogP contribution < -0.4 is 10.1 Å². The summed E-state index contributed by atoms with van der Waals surface area (Å²) in [6.07, 6.45) is -6.70. The van der Waals surface area contributed by atoms with Crippen LogP contribution in [0.3, 0.4) is 0 Å². The van der Waals surface area contributed by atoms with Gasteiger partial charge in [-0.1, -0.05) is 0 Å². The first-order valence-electron chi connectivity index (χ1n) is 8.45. The lowest BCUT2D eigenvalue weighted by atomic mass is 10.2. The number of hydrogen-bond donors (Lipinski definition) is 1. The van der Waals surface area contributed by atoms with Gasteiger partial charge in [-0.15, -0.1) is 0 Å². The van der Waals surface area contributed by atoms with Crippen LogP contribution >= 0.6 is 0 Å². The van der Waals surface area contributed by atoms with Crippen molar-refractivity contribution in [2.24, 2.45) is 0 Å². The number of carbonyl (C=O) groups is 2. The summed E-state index contributed by atoms with van der Waals surface area (Å²) in [4.78, 5) is 24.2. The van der Waals surface area contributed by atoms with E-state index in [1.54, 1.807) is 0 Å². The monoisotopic (exact) mass is 406 g/mol. The normalized spacial score (nSPS) is 13.0. The number of nitrogens with one attached hydrogen (secondary N) is 1. The van der Waals surface area contributed by atoms with E-state index in [9.17, 15) is 22.8 Å². The van der Waals surface area contributed by atoms with Crippen LogP contribution in [-0.4, -0.2) is 24.1 Å². The Hall–Kier alpha value is -3.54. The van der Waals surface area contributed by atoms with Crippen molar-refractivity contribution in [2.45, 2.75) is 32.2 Å². The lowest BCUT2D eigenvalue weighted by Gasteiger charge is -2.18. The zero-order chi connectivity index (χ0) is 21.6. The van der Waals surface area contributed by atoms with Crippen molar-refractivity contribution in [2.75, 3.05) is 5.32 Å². The summed E-state index contributed by atoms with van der Waals surface area (Å²) >= 11 is 0. The Balaban J connectivity index is 1.89. The Kier molecular flexibility index (Phi) is 6.83. The summed E-state index contributed by atoms with van der Waals surface area (Å²) in [6.45, 7) is 2.76. The average Bonchev–Trinajstić information content (AvgIpc) is 2.68. The van der Waals surface area contributed by atoms with E-state index >= 15 is 0 Å². The Morgan fingerprint density at radius 2 is 1.59 bits per heavy atom. The molecule has 2 aromatic rings. The van der Waals surface area contributed by atoms with Crippen molar-refractivity contribution in [1.82, 2.24) is 0 Å². The molecule has 0 aliphatic carbocycles. The number of alkyl halides is 3. The number of ether oxygens (including phenoxy) is 2. The Bertz CT molecular complexity index is 903. The zero-order valence-electron chi connectivity index (χ0n) is 15.5. The minimum Gasteiger partial charge on any atom is -0.479 e. The molecule has 29 heavy (non-hydrogen) atoms. The van der Waals surface area contributed by atoms with Crippen LogP contribution in [0.4, 0.5) is 18.9 Å². The van der Waals surface area contributed by atoms with Crippen LogP contribution in [0.5, 0.6) is 5.75 Å². The van der Waals surface area contributed by atoms with Crippen molar-refractivity contribution in [3.8, 4) is 11.8 Å². The van der Waals surface area contributed by atoms with E-state index in [4.69, 9.17) is 14.7 Å². The standard InChI is InChI=1S/C20H17F3N2O4/c1-12(18(26)25-16-7-5-15(6-8-16)20(21,22)23)29-19(27)13(2)28-17-9-3-14(11-24)4-10-17/h3-10,12-13H,1-2H3,(H,25,26)/t12-,13-/m1/s1. The molecule has 0 heterocycles. The summed E-state index contributed by atoms with van der Waals surface area (Å²) in [5, 5.41) is 11.1. The van der Waals surface area contributed by atoms with E-state index in [2.05, 4.69) is 5.32 Å². The van der Waals surface area contributed by atoms with Crippen LogP contribution in [0.25, 0.3) is 0 Å². The fourth-order valence-electron chi connectivity index (χ4n) is 2.17. The quantitative estimate of drug-likeness (QED) is 0.735. The summed E-state index contributed by atoms with van der Waals surface area (Å²) < 4.78 is 48.1. The van der Waals surface area contributed by atoms with E-state index in [1.165, 1.54) is 38.1 Å². The molecule has 0 saturated carbocycles. The lowest BCUT2D eigenvalue weighted by Crippen LogP contribution is -2.35. The summed E-state index contributed by atoms with van der Waals surface area (Å²) in [7, 11) is 0. The second-order valence-electron chi connectivity index (χ2n) is 6.04. The third-order valence-electron chi connectivity index (χ3n) is 3.77. The van der Waals surface area contributed by atoms with Crippen molar-refractivity contribution < 1.29 is 32.2 Å². The number of nitriles is 1. The van der Waals surface area contributed by atoms with Gasteiger partial charge in [0.2, 0.25) is 0 Å². The Morgan fingerprint density at radius 3 is 2.10 bits per heavy atom. The highest BCUT2D eigenvalue weighted by molar-refractivity contribution is 5.95. The SMILES string of the molecule is C[C@@H](OC(=O)[C@@H](C)Oc1ccc(C#N)cc1)C(=O)Nc1ccc(C(F)(F)F)cc1. The first-order valence-corrected chi connectivity index (χ1v) is 8.45. The van der Waals surface area contributed by atoms with Gasteiger partial charge in [-0.25, -0.2) is 4.79 Å². The molecule has 0 spiro atoms. The lowest BCUT2D eigenvalue weighted by molar-refractivity contribution is -0.159. The van der Waals surface area contributed by atoms with Crippen LogP contribution in [-0.2, 0) is 20.5 Å². The van der Waals surface area contributed by atoms with Crippen LogP contribution in [0.2, 0.25) is 0 Å². The zero-order valence-corrected chi connectivity index (χ0v) is 15.5. The predicted molar refractivity (Wildman–Crippen MR) is 96.9 cm³/mol. The van der Waals surface area contributed by atoms with Crippen molar-refractivity contribution in [1.29, 1.82) is 5.26 Å². The number of rotatable bonds is 6. The molecule has 9 heteroatoms. The number of carbonyl (C=O) groups excluding carboxylic acids is 2. The minimum absolute atomic E-state index is 0.132. The molecule has 1 amide bonds. The van der Waals surface area contributed by atoms with Gasteiger partial charge in [0.1, 0.15) is 5.75 Å². The Morgan fingerprint density at radius 1 is 1.00 bits per heavy atom. The topological polar surface area (TPSA) is 88.4 Å². The highest BCUT2D eigenvalue weighted by atomic mass is 19.4. The summed E-state index contributed by atoms with van der Waals surface area (Å²) in [5.41, 5.74) is -0.280. The van der Waals surface area contributed by atoms with Gasteiger partial charge in [0, 0.05) is 5.69 Å². The fraction of sp³-hybridized carbons (Fsp3) is 0.250. The molecule has 1 N–H and O–H groups in total. The van der Waals surface area contributed by atoms with Gasteiger partial charge >= 0.3 is 12.1 Å². The molecule has 2 rings (SSSR count). The van der Waals surface area contributed by atoms with E-state index in [0.29, 0.717) is 11.3 Å². The Labute approximate surface area is 164 Å². The average molecular weight is 406 g/mol. The van der Waals surface area contributed by atoms with Crippen molar-refractivity contribution >= 4 is 17.6 Å². The summed E-state index contributed by atoms with van der Waals surface area (Å²) in [5.74, 6) is -1.16. The predicted octanol–water partition coefficient (Wildman–Crippen LogP) is 3.91. The number of esters is 1. The van der Waals surface area contributed by atoms with E-state index < -0.39 is 35.8 Å². The van der Waals surface area contributed by atoms with Gasteiger partial charge in [0.05, 0.1) is 17.2 Å². The van der Waals surface area contributed by atoms with Crippen molar-refractivity contribution in [3.63, 3.8) is 0 Å². The molecular weight excluding hydrogens is 389 g/mol. The van der Waals surface area contributed by atoms with Gasteiger partial charge in [-0.05, 0) is 62.4 Å².